The molecule has 0 spiro atoms. The zero-order valence-corrected chi connectivity index (χ0v) is 11.8. The molecule has 2 fully saturated rings. The van der Waals surface area contributed by atoms with Crippen LogP contribution in [0.25, 0.3) is 0 Å². The van der Waals surface area contributed by atoms with Crippen LogP contribution in [0.15, 0.2) is 24.3 Å². The van der Waals surface area contributed by atoms with Gasteiger partial charge in [0.1, 0.15) is 5.75 Å². The lowest BCUT2D eigenvalue weighted by Crippen LogP contribution is -2.27. The number of benzene rings is 1. The monoisotopic (exact) mass is 260 g/mol. The molecule has 1 aliphatic carbocycles. The molecule has 1 unspecified atom stereocenters. The highest BCUT2D eigenvalue weighted by atomic mass is 16.5. The summed E-state index contributed by atoms with van der Waals surface area (Å²) in [6.45, 7) is 4.77. The van der Waals surface area contributed by atoms with Crippen LogP contribution in [0.3, 0.4) is 0 Å². The molecule has 1 heterocycles. The lowest BCUT2D eigenvalue weighted by atomic mass is 10.1. The van der Waals surface area contributed by atoms with Gasteiger partial charge < -0.3 is 10.1 Å². The van der Waals surface area contributed by atoms with Crippen molar-refractivity contribution in [1.82, 2.24) is 10.2 Å². The van der Waals surface area contributed by atoms with Crippen molar-refractivity contribution in [3.8, 4) is 5.75 Å². The number of rotatable bonds is 6. The summed E-state index contributed by atoms with van der Waals surface area (Å²) in [7, 11) is 1.72. The molecule has 3 nitrogen and oxygen atoms in total. The SMILES string of the molecule is COc1ccc(CN2CCC(CNC3CC3)C2)cc1. The molecule has 0 amide bonds. The largest absolute Gasteiger partial charge is 0.497 e. The van der Waals surface area contributed by atoms with Crippen LogP contribution in [0.4, 0.5) is 0 Å². The van der Waals surface area contributed by atoms with Crippen molar-refractivity contribution in [2.75, 3.05) is 26.7 Å². The van der Waals surface area contributed by atoms with Gasteiger partial charge in [0.15, 0.2) is 0 Å². The number of methoxy groups -OCH3 is 1. The Bertz CT molecular complexity index is 400. The fourth-order valence-corrected chi connectivity index (χ4v) is 2.83. The molecule has 0 aromatic heterocycles. The summed E-state index contributed by atoms with van der Waals surface area (Å²) in [4.78, 5) is 2.57. The first-order valence-electron chi connectivity index (χ1n) is 7.42. The van der Waals surface area contributed by atoms with Crippen molar-refractivity contribution in [3.63, 3.8) is 0 Å². The molecule has 104 valence electrons. The van der Waals surface area contributed by atoms with E-state index in [4.69, 9.17) is 4.74 Å². The van der Waals surface area contributed by atoms with Gasteiger partial charge in [-0.15, -0.1) is 0 Å². The number of likely N-dealkylation sites (tertiary alicyclic amines) is 1. The molecule has 19 heavy (non-hydrogen) atoms. The zero-order valence-electron chi connectivity index (χ0n) is 11.8. The fraction of sp³-hybridized carbons (Fsp3) is 0.625. The normalized spacial score (nSPS) is 23.7. The Morgan fingerprint density at radius 1 is 1.21 bits per heavy atom. The zero-order chi connectivity index (χ0) is 13.1. The van der Waals surface area contributed by atoms with Crippen LogP contribution < -0.4 is 10.1 Å². The molecule has 1 aromatic rings. The van der Waals surface area contributed by atoms with E-state index in [9.17, 15) is 0 Å². The van der Waals surface area contributed by atoms with E-state index in [1.54, 1.807) is 7.11 Å². The van der Waals surface area contributed by atoms with Crippen LogP contribution in [0.2, 0.25) is 0 Å². The topological polar surface area (TPSA) is 24.5 Å². The predicted molar refractivity (Wildman–Crippen MR) is 77.4 cm³/mol. The second-order valence-electron chi connectivity index (χ2n) is 5.92. The summed E-state index contributed by atoms with van der Waals surface area (Å²) >= 11 is 0. The minimum absolute atomic E-state index is 0.843. The highest BCUT2D eigenvalue weighted by Gasteiger charge is 2.26. The Balaban J connectivity index is 1.44. The first-order chi connectivity index (χ1) is 9.33. The van der Waals surface area contributed by atoms with Crippen LogP contribution >= 0.6 is 0 Å². The Hall–Kier alpha value is -1.06. The number of ether oxygens (including phenoxy) is 1. The molecular formula is C16H24N2O. The summed E-state index contributed by atoms with van der Waals surface area (Å²) in [6, 6.07) is 9.30. The quantitative estimate of drug-likeness (QED) is 0.849. The lowest BCUT2D eigenvalue weighted by molar-refractivity contribution is 0.314. The molecular weight excluding hydrogens is 236 g/mol. The van der Waals surface area contributed by atoms with E-state index in [-0.39, 0.29) is 0 Å². The number of nitrogens with one attached hydrogen (secondary N) is 1. The van der Waals surface area contributed by atoms with Gasteiger partial charge in [0.2, 0.25) is 0 Å². The summed E-state index contributed by atoms with van der Waals surface area (Å²) < 4.78 is 5.19. The average Bonchev–Trinajstić information content (AvgIpc) is 3.17. The first-order valence-corrected chi connectivity index (χ1v) is 7.42. The molecule has 1 saturated carbocycles. The highest BCUT2D eigenvalue weighted by Crippen LogP contribution is 2.22. The van der Waals surface area contributed by atoms with Gasteiger partial charge in [-0.2, -0.15) is 0 Å². The van der Waals surface area contributed by atoms with Gasteiger partial charge >= 0.3 is 0 Å². The van der Waals surface area contributed by atoms with E-state index in [0.717, 1.165) is 24.3 Å². The molecule has 2 aliphatic rings. The summed E-state index contributed by atoms with van der Waals surface area (Å²) in [5, 5.41) is 3.65. The van der Waals surface area contributed by atoms with Crippen molar-refractivity contribution >= 4 is 0 Å². The second-order valence-corrected chi connectivity index (χ2v) is 5.92. The number of hydrogen-bond acceptors (Lipinski definition) is 3. The van der Waals surface area contributed by atoms with E-state index in [2.05, 4.69) is 34.5 Å². The molecule has 1 aliphatic heterocycles. The van der Waals surface area contributed by atoms with Crippen LogP contribution in [0, 0.1) is 5.92 Å². The Morgan fingerprint density at radius 3 is 2.68 bits per heavy atom. The lowest BCUT2D eigenvalue weighted by Gasteiger charge is -2.16. The molecule has 1 atom stereocenters. The van der Waals surface area contributed by atoms with Gasteiger partial charge in [0, 0.05) is 19.1 Å². The van der Waals surface area contributed by atoms with Crippen molar-refractivity contribution in [2.45, 2.75) is 31.8 Å². The standard InChI is InChI=1S/C16H24N2O/c1-19-16-6-2-13(3-7-16)11-18-9-8-14(12-18)10-17-15-4-5-15/h2-3,6-7,14-15,17H,4-5,8-12H2,1H3. The van der Waals surface area contributed by atoms with E-state index in [0.29, 0.717) is 0 Å². The fourth-order valence-electron chi connectivity index (χ4n) is 2.83. The van der Waals surface area contributed by atoms with E-state index in [1.165, 1.54) is 44.5 Å². The predicted octanol–water partition coefficient (Wildman–Crippen LogP) is 2.27. The summed E-state index contributed by atoms with van der Waals surface area (Å²) in [6.07, 6.45) is 4.13. The first kappa shape index (κ1) is 12.9. The van der Waals surface area contributed by atoms with Crippen molar-refractivity contribution < 1.29 is 4.74 Å². The second kappa shape index (κ2) is 5.93. The average molecular weight is 260 g/mol. The van der Waals surface area contributed by atoms with E-state index >= 15 is 0 Å². The van der Waals surface area contributed by atoms with E-state index < -0.39 is 0 Å². The Morgan fingerprint density at radius 2 is 2.00 bits per heavy atom. The molecule has 0 bridgehead atoms. The minimum atomic E-state index is 0.843. The maximum absolute atomic E-state index is 5.19. The minimum Gasteiger partial charge on any atom is -0.497 e. The highest BCUT2D eigenvalue weighted by molar-refractivity contribution is 5.27. The van der Waals surface area contributed by atoms with Gasteiger partial charge in [-0.1, -0.05) is 12.1 Å². The van der Waals surface area contributed by atoms with Gasteiger partial charge in [-0.05, 0) is 56.0 Å². The molecule has 1 N–H and O–H groups in total. The third kappa shape index (κ3) is 3.71. The summed E-state index contributed by atoms with van der Waals surface area (Å²) in [5.41, 5.74) is 1.39. The third-order valence-electron chi connectivity index (χ3n) is 4.21. The van der Waals surface area contributed by atoms with Crippen molar-refractivity contribution in [2.24, 2.45) is 5.92 Å². The Kier molecular flexibility index (Phi) is 4.04. The van der Waals surface area contributed by atoms with Gasteiger partial charge in [0.05, 0.1) is 7.11 Å². The maximum atomic E-state index is 5.19. The molecule has 3 heteroatoms. The van der Waals surface area contributed by atoms with Crippen molar-refractivity contribution in [3.05, 3.63) is 29.8 Å². The third-order valence-corrected chi connectivity index (χ3v) is 4.21. The maximum Gasteiger partial charge on any atom is 0.118 e. The number of nitrogens with zero attached hydrogens (tertiary/aromatic N) is 1. The molecule has 1 saturated heterocycles. The van der Waals surface area contributed by atoms with Crippen molar-refractivity contribution in [1.29, 1.82) is 0 Å². The van der Waals surface area contributed by atoms with Gasteiger partial charge in [-0.3, -0.25) is 4.90 Å². The van der Waals surface area contributed by atoms with Crippen LogP contribution in [0.5, 0.6) is 5.75 Å². The van der Waals surface area contributed by atoms with Crippen LogP contribution in [-0.4, -0.2) is 37.7 Å². The van der Waals surface area contributed by atoms with Crippen LogP contribution in [0.1, 0.15) is 24.8 Å². The van der Waals surface area contributed by atoms with E-state index in [1.807, 2.05) is 0 Å². The van der Waals surface area contributed by atoms with Crippen LogP contribution in [-0.2, 0) is 6.54 Å². The smallest absolute Gasteiger partial charge is 0.118 e. The molecule has 3 rings (SSSR count). The Labute approximate surface area is 115 Å². The molecule has 1 aromatic carbocycles. The number of hydrogen-bond donors (Lipinski definition) is 1. The molecule has 0 radical (unpaired) electrons. The summed E-state index contributed by atoms with van der Waals surface area (Å²) in [5.74, 6) is 1.79. The van der Waals surface area contributed by atoms with Gasteiger partial charge in [-0.25, -0.2) is 0 Å². The van der Waals surface area contributed by atoms with Gasteiger partial charge in [0.25, 0.3) is 0 Å².